The van der Waals surface area contributed by atoms with Crippen molar-refractivity contribution in [2.45, 2.75) is 36.7 Å². The second-order valence-electron chi connectivity index (χ2n) is 4.50. The number of hydrogen-bond donors (Lipinski definition) is 1. The van der Waals surface area contributed by atoms with Crippen LogP contribution in [-0.4, -0.2) is 20.5 Å². The van der Waals surface area contributed by atoms with Crippen LogP contribution in [0.15, 0.2) is 23.1 Å². The summed E-state index contributed by atoms with van der Waals surface area (Å²) < 4.78 is 27.9. The fourth-order valence-corrected chi connectivity index (χ4v) is 3.15. The molecular formula is C12H14ClNO4S. The molecule has 0 radical (unpaired) electrons. The van der Waals surface area contributed by atoms with Crippen LogP contribution in [0, 0.1) is 0 Å². The molecule has 19 heavy (non-hydrogen) atoms. The van der Waals surface area contributed by atoms with E-state index in [-0.39, 0.29) is 21.6 Å². The number of esters is 1. The molecule has 7 heteroatoms. The molecule has 0 unspecified atom stereocenters. The normalized spacial score (nSPS) is 16.5. The molecule has 0 spiro atoms. The van der Waals surface area contributed by atoms with Gasteiger partial charge in [-0.2, -0.15) is 0 Å². The zero-order valence-electron chi connectivity index (χ0n) is 10.1. The molecule has 2 N–H and O–H groups in total. The lowest BCUT2D eigenvalue weighted by molar-refractivity contribution is 0.0317. The topological polar surface area (TPSA) is 86.5 Å². The zero-order chi connectivity index (χ0) is 14.0. The first-order valence-electron chi connectivity index (χ1n) is 5.91. The molecule has 2 rings (SSSR count). The molecule has 1 aliphatic rings. The SMILES string of the molecule is NS(=O)(=O)c1cc(C(=O)OC2CCCC2)ccc1Cl. The van der Waals surface area contributed by atoms with Gasteiger partial charge in [-0.25, -0.2) is 18.4 Å². The Morgan fingerprint density at radius 2 is 1.95 bits per heavy atom. The van der Waals surface area contributed by atoms with Crippen LogP contribution in [0.4, 0.5) is 0 Å². The number of benzene rings is 1. The minimum absolute atomic E-state index is 0.0140. The van der Waals surface area contributed by atoms with Crippen LogP contribution in [0.25, 0.3) is 0 Å². The van der Waals surface area contributed by atoms with Gasteiger partial charge in [0.15, 0.2) is 0 Å². The van der Waals surface area contributed by atoms with E-state index in [1.54, 1.807) is 0 Å². The monoisotopic (exact) mass is 303 g/mol. The second-order valence-corrected chi connectivity index (χ2v) is 6.44. The third kappa shape index (κ3) is 3.46. The highest BCUT2D eigenvalue weighted by Crippen LogP contribution is 2.25. The number of sulfonamides is 1. The third-order valence-electron chi connectivity index (χ3n) is 3.05. The molecule has 1 saturated carbocycles. The Morgan fingerprint density at radius 1 is 1.32 bits per heavy atom. The van der Waals surface area contributed by atoms with Crippen molar-refractivity contribution in [1.82, 2.24) is 0 Å². The minimum Gasteiger partial charge on any atom is -0.459 e. The van der Waals surface area contributed by atoms with Gasteiger partial charge >= 0.3 is 5.97 Å². The number of primary sulfonamides is 1. The number of carbonyl (C=O) groups excluding carboxylic acids is 1. The summed E-state index contributed by atoms with van der Waals surface area (Å²) in [5.74, 6) is -0.548. The van der Waals surface area contributed by atoms with Crippen molar-refractivity contribution < 1.29 is 17.9 Å². The number of rotatable bonds is 3. The fraction of sp³-hybridized carbons (Fsp3) is 0.417. The zero-order valence-corrected chi connectivity index (χ0v) is 11.7. The molecule has 1 aliphatic carbocycles. The fourth-order valence-electron chi connectivity index (χ4n) is 2.07. The van der Waals surface area contributed by atoms with Gasteiger partial charge in [-0.3, -0.25) is 0 Å². The minimum atomic E-state index is -3.96. The molecule has 1 fully saturated rings. The van der Waals surface area contributed by atoms with E-state index in [1.807, 2.05) is 0 Å². The number of hydrogen-bond acceptors (Lipinski definition) is 4. The first-order valence-corrected chi connectivity index (χ1v) is 7.83. The van der Waals surface area contributed by atoms with Gasteiger partial charge < -0.3 is 4.74 Å². The summed E-state index contributed by atoms with van der Waals surface area (Å²) >= 11 is 5.74. The van der Waals surface area contributed by atoms with Gasteiger partial charge in [0.25, 0.3) is 0 Å². The van der Waals surface area contributed by atoms with Gasteiger partial charge in [0.1, 0.15) is 11.0 Å². The molecule has 1 aromatic rings. The maximum atomic E-state index is 11.9. The van der Waals surface area contributed by atoms with Crippen molar-refractivity contribution in [3.63, 3.8) is 0 Å². The lowest BCUT2D eigenvalue weighted by atomic mass is 10.2. The molecule has 0 saturated heterocycles. The Kier molecular flexibility index (Phi) is 4.13. The summed E-state index contributed by atoms with van der Waals surface area (Å²) in [6, 6.07) is 3.90. The molecular weight excluding hydrogens is 290 g/mol. The summed E-state index contributed by atoms with van der Waals surface area (Å²) in [6.07, 6.45) is 3.70. The Morgan fingerprint density at radius 3 is 2.53 bits per heavy atom. The predicted octanol–water partition coefficient (Wildman–Crippen LogP) is 2.09. The van der Waals surface area contributed by atoms with Crippen LogP contribution in [-0.2, 0) is 14.8 Å². The summed E-state index contributed by atoms with van der Waals surface area (Å²) in [5.41, 5.74) is 0.139. The van der Waals surface area contributed by atoms with E-state index in [2.05, 4.69) is 0 Å². The van der Waals surface area contributed by atoms with E-state index >= 15 is 0 Å². The maximum absolute atomic E-state index is 11.9. The summed E-state index contributed by atoms with van der Waals surface area (Å²) in [4.78, 5) is 11.6. The highest BCUT2D eigenvalue weighted by Gasteiger charge is 2.22. The summed E-state index contributed by atoms with van der Waals surface area (Å²) in [7, 11) is -3.96. The molecule has 0 bridgehead atoms. The van der Waals surface area contributed by atoms with Crippen LogP contribution in [0.2, 0.25) is 5.02 Å². The Hall–Kier alpha value is -1.11. The second kappa shape index (κ2) is 5.48. The Balaban J connectivity index is 2.23. The van der Waals surface area contributed by atoms with Crippen molar-refractivity contribution in [2.24, 2.45) is 5.14 Å². The third-order valence-corrected chi connectivity index (χ3v) is 4.44. The van der Waals surface area contributed by atoms with Gasteiger partial charge in [0, 0.05) is 0 Å². The predicted molar refractivity (Wildman–Crippen MR) is 70.5 cm³/mol. The Bertz CT molecular complexity index is 594. The molecule has 0 heterocycles. The first kappa shape index (κ1) is 14.3. The van der Waals surface area contributed by atoms with Crippen molar-refractivity contribution >= 4 is 27.6 Å². The molecule has 0 amide bonds. The highest BCUT2D eigenvalue weighted by molar-refractivity contribution is 7.89. The lowest BCUT2D eigenvalue weighted by Crippen LogP contribution is -2.17. The standard InChI is InChI=1S/C12H14ClNO4S/c13-10-6-5-8(7-11(10)19(14,16)17)12(15)18-9-3-1-2-4-9/h5-7,9H,1-4H2,(H2,14,16,17). The molecule has 104 valence electrons. The average Bonchev–Trinajstić information content (AvgIpc) is 2.80. The molecule has 0 aliphatic heterocycles. The Labute approximate surface area is 116 Å². The molecule has 0 atom stereocenters. The van der Waals surface area contributed by atoms with E-state index < -0.39 is 16.0 Å². The first-order chi connectivity index (χ1) is 8.88. The summed E-state index contributed by atoms with van der Waals surface area (Å²) in [5, 5.41) is 5.01. The van der Waals surface area contributed by atoms with Crippen LogP contribution < -0.4 is 5.14 Å². The quantitative estimate of drug-likeness (QED) is 0.866. The molecule has 0 aromatic heterocycles. The number of carbonyl (C=O) groups is 1. The van der Waals surface area contributed by atoms with Gasteiger partial charge in [-0.15, -0.1) is 0 Å². The number of nitrogens with two attached hydrogens (primary N) is 1. The van der Waals surface area contributed by atoms with Gasteiger partial charge in [-0.05, 0) is 43.9 Å². The van der Waals surface area contributed by atoms with Crippen LogP contribution in [0.1, 0.15) is 36.0 Å². The maximum Gasteiger partial charge on any atom is 0.338 e. The number of ether oxygens (including phenoxy) is 1. The van der Waals surface area contributed by atoms with Crippen LogP contribution in [0.5, 0.6) is 0 Å². The van der Waals surface area contributed by atoms with E-state index in [0.29, 0.717) is 0 Å². The van der Waals surface area contributed by atoms with E-state index in [1.165, 1.54) is 12.1 Å². The number of halogens is 1. The van der Waals surface area contributed by atoms with Gasteiger partial charge in [-0.1, -0.05) is 11.6 Å². The van der Waals surface area contributed by atoms with E-state index in [9.17, 15) is 13.2 Å². The average molecular weight is 304 g/mol. The lowest BCUT2D eigenvalue weighted by Gasteiger charge is -2.12. The smallest absolute Gasteiger partial charge is 0.338 e. The highest BCUT2D eigenvalue weighted by atomic mass is 35.5. The van der Waals surface area contributed by atoms with Gasteiger partial charge in [0.2, 0.25) is 10.0 Å². The summed E-state index contributed by atoms with van der Waals surface area (Å²) in [6.45, 7) is 0. The molecule has 5 nitrogen and oxygen atoms in total. The van der Waals surface area contributed by atoms with Crippen molar-refractivity contribution in [3.8, 4) is 0 Å². The van der Waals surface area contributed by atoms with E-state index in [4.69, 9.17) is 21.5 Å². The van der Waals surface area contributed by atoms with Crippen molar-refractivity contribution in [1.29, 1.82) is 0 Å². The molecule has 1 aromatic carbocycles. The van der Waals surface area contributed by atoms with E-state index in [0.717, 1.165) is 31.7 Å². The van der Waals surface area contributed by atoms with Crippen molar-refractivity contribution in [3.05, 3.63) is 28.8 Å². The van der Waals surface area contributed by atoms with Gasteiger partial charge in [0.05, 0.1) is 10.6 Å². The van der Waals surface area contributed by atoms with Crippen LogP contribution >= 0.6 is 11.6 Å². The van der Waals surface area contributed by atoms with Crippen molar-refractivity contribution in [2.75, 3.05) is 0 Å². The van der Waals surface area contributed by atoms with Crippen LogP contribution in [0.3, 0.4) is 0 Å². The largest absolute Gasteiger partial charge is 0.459 e.